The maximum Gasteiger partial charge on any atom is 0.416 e. The molecule has 0 aliphatic heterocycles. The highest BCUT2D eigenvalue weighted by atomic mass is 32.1. The van der Waals surface area contributed by atoms with Gasteiger partial charge >= 0.3 is 12.1 Å². The van der Waals surface area contributed by atoms with Crippen LogP contribution in [0.5, 0.6) is 0 Å². The molecule has 0 unspecified atom stereocenters. The van der Waals surface area contributed by atoms with E-state index >= 15 is 0 Å². The summed E-state index contributed by atoms with van der Waals surface area (Å²) in [7, 11) is 0. The van der Waals surface area contributed by atoms with Gasteiger partial charge in [0.15, 0.2) is 0 Å². The molecule has 2 rings (SSSR count). The fraction of sp³-hybridized carbons (Fsp3) is 0.167. The van der Waals surface area contributed by atoms with Crippen LogP contribution >= 0.6 is 11.3 Å². The van der Waals surface area contributed by atoms with Crippen molar-refractivity contribution in [1.82, 2.24) is 4.98 Å². The number of carbonyl (C=O) groups is 1. The number of rotatable bonds is 3. The van der Waals surface area contributed by atoms with Crippen LogP contribution in [0.25, 0.3) is 10.6 Å². The van der Waals surface area contributed by atoms with E-state index in [1.165, 1.54) is 5.38 Å². The summed E-state index contributed by atoms with van der Waals surface area (Å²) in [4.78, 5) is 14.4. The van der Waals surface area contributed by atoms with Crippen LogP contribution in [0.2, 0.25) is 0 Å². The highest BCUT2D eigenvalue weighted by molar-refractivity contribution is 7.13. The zero-order valence-corrected chi connectivity index (χ0v) is 10.6. The summed E-state index contributed by atoms with van der Waals surface area (Å²) in [6.07, 6.45) is -4.99. The molecule has 0 radical (unpaired) electrons. The molecule has 1 aromatic heterocycles. The van der Waals surface area contributed by atoms with Crippen molar-refractivity contribution < 1.29 is 27.5 Å². The third kappa shape index (κ3) is 3.32. The third-order valence-corrected chi connectivity index (χ3v) is 3.30. The highest BCUT2D eigenvalue weighted by Crippen LogP contribution is 2.34. The molecule has 0 bridgehead atoms. The molecule has 0 spiro atoms. The summed E-state index contributed by atoms with van der Waals surface area (Å²) >= 11 is 0.964. The highest BCUT2D eigenvalue weighted by Gasteiger charge is 2.31. The Morgan fingerprint density at radius 1 is 1.30 bits per heavy atom. The van der Waals surface area contributed by atoms with Crippen LogP contribution in [-0.4, -0.2) is 16.1 Å². The normalized spacial score (nSPS) is 11.6. The first kappa shape index (κ1) is 14.4. The van der Waals surface area contributed by atoms with Gasteiger partial charge in [0.2, 0.25) is 0 Å². The van der Waals surface area contributed by atoms with E-state index in [1.807, 2.05) is 0 Å². The van der Waals surface area contributed by atoms with Crippen LogP contribution in [0.15, 0.2) is 23.6 Å². The number of hydrogen-bond acceptors (Lipinski definition) is 3. The van der Waals surface area contributed by atoms with Gasteiger partial charge in [-0.3, -0.25) is 4.79 Å². The molecule has 0 fully saturated rings. The molecule has 1 aromatic carbocycles. The number of carboxylic acid groups (broad SMARTS) is 1. The Labute approximate surface area is 114 Å². The van der Waals surface area contributed by atoms with E-state index < -0.39 is 23.5 Å². The van der Waals surface area contributed by atoms with Gasteiger partial charge in [0, 0.05) is 10.9 Å². The molecule has 8 heteroatoms. The van der Waals surface area contributed by atoms with E-state index in [4.69, 9.17) is 5.11 Å². The number of hydrogen-bond donors (Lipinski definition) is 1. The average Bonchev–Trinajstić information content (AvgIpc) is 2.74. The van der Waals surface area contributed by atoms with Gasteiger partial charge in [-0.15, -0.1) is 11.3 Å². The van der Waals surface area contributed by atoms with E-state index in [9.17, 15) is 22.4 Å². The standard InChI is InChI=1S/C12H7F4NO2S/c13-8-2-6(1-7(3-8)12(14,15)16)11-17-9(5-20-11)4-10(18)19/h1-3,5H,4H2,(H,18,19). The van der Waals surface area contributed by atoms with Gasteiger partial charge in [-0.25, -0.2) is 9.37 Å². The van der Waals surface area contributed by atoms with E-state index in [2.05, 4.69) is 4.98 Å². The fourth-order valence-corrected chi connectivity index (χ4v) is 2.36. The lowest BCUT2D eigenvalue weighted by atomic mass is 10.1. The Hall–Kier alpha value is -1.96. The second kappa shape index (κ2) is 5.20. The monoisotopic (exact) mass is 305 g/mol. The topological polar surface area (TPSA) is 50.2 Å². The van der Waals surface area contributed by atoms with E-state index in [0.29, 0.717) is 6.07 Å². The Bertz CT molecular complexity index is 651. The number of carboxylic acids is 1. The maximum atomic E-state index is 13.2. The second-order valence-corrected chi connectivity index (χ2v) is 4.80. The Kier molecular flexibility index (Phi) is 3.76. The molecule has 0 aliphatic carbocycles. The van der Waals surface area contributed by atoms with Crippen molar-refractivity contribution in [3.63, 3.8) is 0 Å². The smallest absolute Gasteiger partial charge is 0.416 e. The van der Waals surface area contributed by atoms with Crippen molar-refractivity contribution in [3.05, 3.63) is 40.7 Å². The molecule has 2 aromatic rings. The first-order valence-corrected chi connectivity index (χ1v) is 6.18. The summed E-state index contributed by atoms with van der Waals surface area (Å²) in [5.74, 6) is -2.12. The predicted octanol–water partition coefficient (Wildman–Crippen LogP) is 3.60. The number of benzene rings is 1. The van der Waals surface area contributed by atoms with Gasteiger partial charge in [-0.1, -0.05) is 0 Å². The molecule has 0 saturated heterocycles. The van der Waals surface area contributed by atoms with Crippen molar-refractivity contribution >= 4 is 17.3 Å². The third-order valence-electron chi connectivity index (χ3n) is 2.36. The van der Waals surface area contributed by atoms with Crippen molar-refractivity contribution in [3.8, 4) is 10.6 Å². The van der Waals surface area contributed by atoms with E-state index in [0.717, 1.165) is 23.5 Å². The molecule has 1 N–H and O–H groups in total. The van der Waals surface area contributed by atoms with Crippen molar-refractivity contribution in [1.29, 1.82) is 0 Å². The lowest BCUT2D eigenvalue weighted by Gasteiger charge is -2.08. The summed E-state index contributed by atoms with van der Waals surface area (Å²) < 4.78 is 51.0. The quantitative estimate of drug-likeness (QED) is 0.882. The minimum atomic E-state index is -4.65. The van der Waals surface area contributed by atoms with Crippen molar-refractivity contribution in [2.24, 2.45) is 0 Å². The number of halogens is 4. The summed E-state index contributed by atoms with van der Waals surface area (Å²) in [6.45, 7) is 0. The van der Waals surface area contributed by atoms with Crippen LogP contribution in [0.3, 0.4) is 0 Å². The molecular formula is C12H7F4NO2S. The lowest BCUT2D eigenvalue weighted by molar-refractivity contribution is -0.138. The van der Waals surface area contributed by atoms with Gasteiger partial charge in [0.25, 0.3) is 0 Å². The van der Waals surface area contributed by atoms with E-state index in [1.54, 1.807) is 0 Å². The SMILES string of the molecule is O=C(O)Cc1csc(-c2cc(F)cc(C(F)(F)F)c2)n1. The van der Waals surface area contributed by atoms with Crippen LogP contribution in [-0.2, 0) is 17.4 Å². The number of nitrogens with zero attached hydrogens (tertiary/aromatic N) is 1. The molecule has 0 atom stereocenters. The second-order valence-electron chi connectivity index (χ2n) is 3.94. The summed E-state index contributed by atoms with van der Waals surface area (Å²) in [5.41, 5.74) is -0.920. The summed E-state index contributed by atoms with van der Waals surface area (Å²) in [6, 6.07) is 2.11. The first-order valence-electron chi connectivity index (χ1n) is 5.30. The Balaban J connectivity index is 2.40. The fourth-order valence-electron chi connectivity index (χ4n) is 1.55. The molecule has 0 saturated carbocycles. The number of aliphatic carboxylic acids is 1. The molecule has 20 heavy (non-hydrogen) atoms. The zero-order valence-electron chi connectivity index (χ0n) is 9.74. The summed E-state index contributed by atoms with van der Waals surface area (Å²) in [5, 5.41) is 10.2. The first-order chi connectivity index (χ1) is 9.25. The molecular weight excluding hydrogens is 298 g/mol. The van der Waals surface area contributed by atoms with Gasteiger partial charge in [-0.2, -0.15) is 13.2 Å². The zero-order chi connectivity index (χ0) is 14.9. The molecule has 1 heterocycles. The minimum absolute atomic E-state index is 0.0287. The molecule has 106 valence electrons. The molecule has 3 nitrogen and oxygen atoms in total. The Morgan fingerprint density at radius 3 is 2.60 bits per heavy atom. The van der Waals surface area contributed by atoms with Gasteiger partial charge < -0.3 is 5.11 Å². The largest absolute Gasteiger partial charge is 0.481 e. The van der Waals surface area contributed by atoms with Crippen LogP contribution in [0, 0.1) is 5.82 Å². The number of alkyl halides is 3. The van der Waals surface area contributed by atoms with Crippen molar-refractivity contribution in [2.45, 2.75) is 12.6 Å². The lowest BCUT2D eigenvalue weighted by Crippen LogP contribution is -2.05. The minimum Gasteiger partial charge on any atom is -0.481 e. The van der Waals surface area contributed by atoms with Gasteiger partial charge in [0.05, 0.1) is 17.7 Å². The van der Waals surface area contributed by atoms with Crippen LogP contribution in [0.1, 0.15) is 11.3 Å². The Morgan fingerprint density at radius 2 is 2.00 bits per heavy atom. The average molecular weight is 305 g/mol. The molecule has 0 aliphatic rings. The maximum absolute atomic E-state index is 13.2. The van der Waals surface area contributed by atoms with Crippen molar-refractivity contribution in [2.75, 3.05) is 0 Å². The van der Waals surface area contributed by atoms with Gasteiger partial charge in [-0.05, 0) is 18.2 Å². The number of thiazole rings is 1. The molecule has 0 amide bonds. The van der Waals surface area contributed by atoms with Gasteiger partial charge in [0.1, 0.15) is 10.8 Å². The van der Waals surface area contributed by atoms with Crippen LogP contribution in [0.4, 0.5) is 17.6 Å². The van der Waals surface area contributed by atoms with Crippen LogP contribution < -0.4 is 0 Å². The van der Waals surface area contributed by atoms with E-state index in [-0.39, 0.29) is 22.7 Å². The number of aromatic nitrogens is 1. The predicted molar refractivity (Wildman–Crippen MR) is 63.8 cm³/mol.